The molecule has 0 fully saturated rings. The third-order valence-corrected chi connectivity index (χ3v) is 3.99. The lowest BCUT2D eigenvalue weighted by Gasteiger charge is -2.21. The lowest BCUT2D eigenvalue weighted by Crippen LogP contribution is -2.39. The molecule has 6 heteroatoms. The van der Waals surface area contributed by atoms with Crippen molar-refractivity contribution in [1.82, 2.24) is 20.0 Å². The van der Waals surface area contributed by atoms with Crippen LogP contribution in [0.5, 0.6) is 0 Å². The van der Waals surface area contributed by atoms with Gasteiger partial charge in [-0.2, -0.15) is 5.10 Å². The van der Waals surface area contributed by atoms with Crippen LogP contribution in [-0.2, 0) is 20.0 Å². The fourth-order valence-corrected chi connectivity index (χ4v) is 2.67. The second-order valence-electron chi connectivity index (χ2n) is 4.67. The molecule has 5 nitrogen and oxygen atoms in total. The van der Waals surface area contributed by atoms with Crippen molar-refractivity contribution < 1.29 is 0 Å². The van der Waals surface area contributed by atoms with E-state index < -0.39 is 0 Å². The van der Waals surface area contributed by atoms with E-state index in [2.05, 4.69) is 44.9 Å². The summed E-state index contributed by atoms with van der Waals surface area (Å²) in [6.07, 6.45) is 4.92. The summed E-state index contributed by atoms with van der Waals surface area (Å²) in [6.45, 7) is 1.69. The standard InChI is InChI=1S/C14H21N5S/c1-15-14(16-9-12-10-17-19(3)11-12)18(2)7-6-13-5-4-8-20-13/h4-5,8,10-11H,6-7,9H2,1-3H3,(H,15,16). The Morgan fingerprint density at radius 2 is 2.40 bits per heavy atom. The van der Waals surface area contributed by atoms with Gasteiger partial charge in [-0.1, -0.05) is 6.07 Å². The van der Waals surface area contributed by atoms with Crippen LogP contribution in [0.2, 0.25) is 0 Å². The van der Waals surface area contributed by atoms with Gasteiger partial charge in [-0.15, -0.1) is 11.3 Å². The zero-order valence-corrected chi connectivity index (χ0v) is 13.0. The first-order chi connectivity index (χ1) is 9.69. The van der Waals surface area contributed by atoms with Crippen molar-refractivity contribution in [3.8, 4) is 0 Å². The van der Waals surface area contributed by atoms with Crippen LogP contribution in [-0.4, -0.2) is 41.3 Å². The molecule has 0 bridgehead atoms. The molecule has 0 aliphatic heterocycles. The van der Waals surface area contributed by atoms with Crippen molar-refractivity contribution in [1.29, 1.82) is 0 Å². The molecule has 108 valence electrons. The van der Waals surface area contributed by atoms with Crippen LogP contribution in [0.25, 0.3) is 0 Å². The van der Waals surface area contributed by atoms with Crippen LogP contribution in [0.4, 0.5) is 0 Å². The Morgan fingerprint density at radius 1 is 1.55 bits per heavy atom. The van der Waals surface area contributed by atoms with Crippen LogP contribution in [0.3, 0.4) is 0 Å². The average Bonchev–Trinajstić information content (AvgIpc) is 3.08. The molecule has 20 heavy (non-hydrogen) atoms. The van der Waals surface area contributed by atoms with Crippen LogP contribution < -0.4 is 5.32 Å². The smallest absolute Gasteiger partial charge is 0.193 e. The Bertz CT molecular complexity index is 544. The summed E-state index contributed by atoms with van der Waals surface area (Å²) in [6, 6.07) is 4.26. The van der Waals surface area contributed by atoms with E-state index in [4.69, 9.17) is 0 Å². The molecular weight excluding hydrogens is 270 g/mol. The van der Waals surface area contributed by atoms with Crippen LogP contribution >= 0.6 is 11.3 Å². The number of hydrogen-bond donors (Lipinski definition) is 1. The minimum Gasteiger partial charge on any atom is -0.352 e. The third kappa shape index (κ3) is 4.09. The summed E-state index contributed by atoms with van der Waals surface area (Å²) < 4.78 is 1.81. The number of guanidine groups is 1. The van der Waals surface area contributed by atoms with Crippen molar-refractivity contribution in [2.45, 2.75) is 13.0 Å². The van der Waals surface area contributed by atoms with E-state index in [1.54, 1.807) is 16.0 Å². The number of aromatic nitrogens is 2. The maximum Gasteiger partial charge on any atom is 0.193 e. The molecular formula is C14H21N5S. The van der Waals surface area contributed by atoms with Gasteiger partial charge in [0.25, 0.3) is 0 Å². The molecule has 1 N–H and O–H groups in total. The number of hydrogen-bond acceptors (Lipinski definition) is 3. The van der Waals surface area contributed by atoms with E-state index in [-0.39, 0.29) is 0 Å². The summed E-state index contributed by atoms with van der Waals surface area (Å²) in [4.78, 5) is 7.87. The van der Waals surface area contributed by atoms with E-state index in [0.717, 1.165) is 31.0 Å². The molecule has 2 aromatic rings. The molecule has 0 unspecified atom stereocenters. The highest BCUT2D eigenvalue weighted by molar-refractivity contribution is 7.09. The Kier molecular flexibility index (Phi) is 5.17. The molecule has 0 saturated carbocycles. The van der Waals surface area contributed by atoms with Crippen molar-refractivity contribution in [3.63, 3.8) is 0 Å². The maximum absolute atomic E-state index is 4.32. The lowest BCUT2D eigenvalue weighted by molar-refractivity contribution is 0.486. The van der Waals surface area contributed by atoms with E-state index in [0.29, 0.717) is 0 Å². The fourth-order valence-electron chi connectivity index (χ4n) is 1.97. The first-order valence-corrected chi connectivity index (χ1v) is 7.48. The van der Waals surface area contributed by atoms with E-state index in [1.165, 1.54) is 4.88 Å². The summed E-state index contributed by atoms with van der Waals surface area (Å²) in [5.74, 6) is 0.908. The van der Waals surface area contributed by atoms with E-state index in [1.807, 2.05) is 26.5 Å². The van der Waals surface area contributed by atoms with Crippen molar-refractivity contribution in [3.05, 3.63) is 40.3 Å². The lowest BCUT2D eigenvalue weighted by atomic mass is 10.3. The molecule has 0 aliphatic carbocycles. The third-order valence-electron chi connectivity index (χ3n) is 3.06. The minimum atomic E-state index is 0.740. The quantitative estimate of drug-likeness (QED) is 0.674. The largest absolute Gasteiger partial charge is 0.352 e. The Morgan fingerprint density at radius 3 is 3.00 bits per heavy atom. The predicted octanol–water partition coefficient (Wildman–Crippen LogP) is 1.73. The normalized spacial score (nSPS) is 11.7. The zero-order chi connectivity index (χ0) is 14.4. The fraction of sp³-hybridized carbons (Fsp3) is 0.429. The molecule has 0 aromatic carbocycles. The van der Waals surface area contributed by atoms with E-state index >= 15 is 0 Å². The monoisotopic (exact) mass is 291 g/mol. The number of likely N-dealkylation sites (N-methyl/N-ethyl adjacent to an activating group) is 1. The molecule has 2 rings (SSSR count). The molecule has 0 atom stereocenters. The Labute approximate surface area is 123 Å². The van der Waals surface area contributed by atoms with Crippen molar-refractivity contribution >= 4 is 17.3 Å². The van der Waals surface area contributed by atoms with Gasteiger partial charge in [0.05, 0.1) is 6.20 Å². The summed E-state index contributed by atoms with van der Waals surface area (Å²) in [5, 5.41) is 9.63. The number of rotatable bonds is 5. The molecule has 0 amide bonds. The summed E-state index contributed by atoms with van der Waals surface area (Å²) >= 11 is 1.80. The molecule has 0 spiro atoms. The van der Waals surface area contributed by atoms with Gasteiger partial charge in [-0.05, 0) is 17.9 Å². The minimum absolute atomic E-state index is 0.740. The average molecular weight is 291 g/mol. The Hall–Kier alpha value is -1.82. The number of aryl methyl sites for hydroxylation is 1. The second-order valence-corrected chi connectivity index (χ2v) is 5.71. The van der Waals surface area contributed by atoms with Gasteiger partial charge in [0, 0.05) is 50.9 Å². The predicted molar refractivity (Wildman–Crippen MR) is 84.1 cm³/mol. The highest BCUT2D eigenvalue weighted by Crippen LogP contribution is 2.09. The highest BCUT2D eigenvalue weighted by Gasteiger charge is 2.06. The number of nitrogens with zero attached hydrogens (tertiary/aromatic N) is 4. The second kappa shape index (κ2) is 7.09. The van der Waals surface area contributed by atoms with Gasteiger partial charge in [0.15, 0.2) is 5.96 Å². The summed E-state index contributed by atoms with van der Waals surface area (Å²) in [7, 11) is 5.80. The highest BCUT2D eigenvalue weighted by atomic mass is 32.1. The van der Waals surface area contributed by atoms with Gasteiger partial charge >= 0.3 is 0 Å². The van der Waals surface area contributed by atoms with Crippen LogP contribution in [0.15, 0.2) is 34.9 Å². The molecule has 0 radical (unpaired) electrons. The first-order valence-electron chi connectivity index (χ1n) is 6.60. The topological polar surface area (TPSA) is 45.5 Å². The molecule has 0 saturated heterocycles. The SMILES string of the molecule is CN=C(NCc1cnn(C)c1)N(C)CCc1cccs1. The Balaban J connectivity index is 1.81. The number of aliphatic imine (C=N–C) groups is 1. The van der Waals surface area contributed by atoms with Crippen LogP contribution in [0, 0.1) is 0 Å². The van der Waals surface area contributed by atoms with Gasteiger partial charge in [0.2, 0.25) is 0 Å². The molecule has 2 heterocycles. The van der Waals surface area contributed by atoms with E-state index in [9.17, 15) is 0 Å². The van der Waals surface area contributed by atoms with Crippen molar-refractivity contribution in [2.75, 3.05) is 20.6 Å². The van der Waals surface area contributed by atoms with Crippen LogP contribution in [0.1, 0.15) is 10.4 Å². The molecule has 2 aromatic heterocycles. The maximum atomic E-state index is 4.32. The van der Waals surface area contributed by atoms with Gasteiger partial charge in [-0.25, -0.2) is 0 Å². The van der Waals surface area contributed by atoms with Gasteiger partial charge < -0.3 is 10.2 Å². The van der Waals surface area contributed by atoms with Gasteiger partial charge in [0.1, 0.15) is 0 Å². The van der Waals surface area contributed by atoms with Gasteiger partial charge in [-0.3, -0.25) is 9.67 Å². The number of thiophene rings is 1. The molecule has 0 aliphatic rings. The number of nitrogens with one attached hydrogen (secondary N) is 1. The van der Waals surface area contributed by atoms with Crippen molar-refractivity contribution in [2.24, 2.45) is 12.0 Å². The summed E-state index contributed by atoms with van der Waals surface area (Å²) in [5.41, 5.74) is 1.15. The first kappa shape index (κ1) is 14.6. The zero-order valence-electron chi connectivity index (χ0n) is 12.2.